The molecule has 0 aliphatic carbocycles. The van der Waals surface area contributed by atoms with Crippen molar-refractivity contribution in [1.29, 1.82) is 0 Å². The number of anilines is 1. The average molecular weight is 389 g/mol. The third-order valence-electron chi connectivity index (χ3n) is 5.15. The Morgan fingerprint density at radius 3 is 3.04 bits per heavy atom. The predicted molar refractivity (Wildman–Crippen MR) is 110 cm³/mol. The average Bonchev–Trinajstić information content (AvgIpc) is 3.38. The lowest BCUT2D eigenvalue weighted by Crippen LogP contribution is -2.40. The van der Waals surface area contributed by atoms with Crippen molar-refractivity contribution in [2.45, 2.75) is 38.8 Å². The molecular formula is C21H32N4O3. The molecule has 2 fully saturated rings. The number of likely N-dealkylation sites (tertiary alicyclic amines) is 1. The summed E-state index contributed by atoms with van der Waals surface area (Å²) in [7, 11) is 1.76. The number of carbonyl (C=O) groups is 1. The van der Waals surface area contributed by atoms with E-state index in [1.807, 2.05) is 24.3 Å². The highest BCUT2D eigenvalue weighted by molar-refractivity contribution is 5.94. The summed E-state index contributed by atoms with van der Waals surface area (Å²) in [4.78, 5) is 19.4. The Morgan fingerprint density at radius 2 is 2.29 bits per heavy atom. The first kappa shape index (κ1) is 20.6. The van der Waals surface area contributed by atoms with Crippen LogP contribution in [0.25, 0.3) is 0 Å². The zero-order valence-corrected chi connectivity index (χ0v) is 16.9. The molecule has 0 spiro atoms. The first-order chi connectivity index (χ1) is 13.7. The summed E-state index contributed by atoms with van der Waals surface area (Å²) in [5.41, 5.74) is 1.85. The Kier molecular flexibility index (Phi) is 7.68. The van der Waals surface area contributed by atoms with E-state index in [0.717, 1.165) is 62.7 Å². The summed E-state index contributed by atoms with van der Waals surface area (Å²) in [5.74, 6) is 1.44. The van der Waals surface area contributed by atoms with E-state index in [2.05, 4.69) is 22.5 Å². The number of nitrogens with zero attached hydrogens (tertiary/aromatic N) is 2. The summed E-state index contributed by atoms with van der Waals surface area (Å²) in [6.07, 6.45) is 2.55. The van der Waals surface area contributed by atoms with E-state index in [0.29, 0.717) is 19.1 Å². The van der Waals surface area contributed by atoms with E-state index >= 15 is 0 Å². The molecule has 1 amide bonds. The molecule has 2 atom stereocenters. The van der Waals surface area contributed by atoms with Gasteiger partial charge in [0.1, 0.15) is 6.10 Å². The molecule has 7 nitrogen and oxygen atoms in total. The number of hydrogen-bond acceptors (Lipinski definition) is 4. The number of nitrogens with one attached hydrogen (secondary N) is 2. The molecule has 0 radical (unpaired) electrons. The molecule has 2 N–H and O–H groups in total. The lowest BCUT2D eigenvalue weighted by Gasteiger charge is -2.21. The first-order valence-electron chi connectivity index (χ1n) is 10.2. The molecule has 7 heteroatoms. The van der Waals surface area contributed by atoms with Crippen molar-refractivity contribution in [2.24, 2.45) is 10.9 Å². The van der Waals surface area contributed by atoms with Gasteiger partial charge in [0, 0.05) is 45.0 Å². The number of rotatable bonds is 7. The van der Waals surface area contributed by atoms with Gasteiger partial charge in [0.05, 0.1) is 13.2 Å². The number of carbonyl (C=O) groups excluding carboxylic acids is 1. The molecule has 2 unspecified atom stereocenters. The number of aliphatic imine (C=N–C) groups is 1. The van der Waals surface area contributed by atoms with Crippen molar-refractivity contribution in [2.75, 3.05) is 45.3 Å². The van der Waals surface area contributed by atoms with Crippen LogP contribution in [0.5, 0.6) is 0 Å². The van der Waals surface area contributed by atoms with Gasteiger partial charge in [-0.05, 0) is 43.9 Å². The van der Waals surface area contributed by atoms with Gasteiger partial charge in [-0.25, -0.2) is 4.99 Å². The van der Waals surface area contributed by atoms with Crippen LogP contribution in [0.3, 0.4) is 0 Å². The normalized spacial score (nSPS) is 22.5. The fraction of sp³-hybridized carbons (Fsp3) is 0.619. The van der Waals surface area contributed by atoms with Crippen molar-refractivity contribution in [3.63, 3.8) is 0 Å². The topological polar surface area (TPSA) is 75.2 Å². The number of guanidine groups is 1. The van der Waals surface area contributed by atoms with Crippen molar-refractivity contribution in [3.8, 4) is 0 Å². The van der Waals surface area contributed by atoms with Crippen LogP contribution >= 0.6 is 0 Å². The van der Waals surface area contributed by atoms with Crippen molar-refractivity contribution in [1.82, 2.24) is 10.2 Å². The quantitative estimate of drug-likeness (QED) is 0.553. The minimum absolute atomic E-state index is 0.0623. The molecule has 1 aromatic carbocycles. The van der Waals surface area contributed by atoms with E-state index in [1.54, 1.807) is 7.11 Å². The molecule has 28 heavy (non-hydrogen) atoms. The second kappa shape index (κ2) is 10.4. The van der Waals surface area contributed by atoms with Crippen LogP contribution in [0, 0.1) is 5.92 Å². The van der Waals surface area contributed by atoms with Gasteiger partial charge in [-0.15, -0.1) is 0 Å². The molecule has 0 saturated carbocycles. The minimum atomic E-state index is -0.322. The number of hydrogen-bond donors (Lipinski definition) is 2. The van der Waals surface area contributed by atoms with Crippen LogP contribution in [0.2, 0.25) is 0 Å². The van der Waals surface area contributed by atoms with Crippen LogP contribution < -0.4 is 10.6 Å². The first-order valence-corrected chi connectivity index (χ1v) is 10.2. The van der Waals surface area contributed by atoms with Crippen LogP contribution in [-0.4, -0.2) is 62.8 Å². The lowest BCUT2D eigenvalue weighted by molar-refractivity contribution is -0.124. The van der Waals surface area contributed by atoms with Gasteiger partial charge in [-0.2, -0.15) is 0 Å². The summed E-state index contributed by atoms with van der Waals surface area (Å²) < 4.78 is 10.7. The fourth-order valence-electron chi connectivity index (χ4n) is 3.74. The second-order valence-electron chi connectivity index (χ2n) is 7.42. The van der Waals surface area contributed by atoms with Gasteiger partial charge in [-0.3, -0.25) is 4.79 Å². The van der Waals surface area contributed by atoms with Gasteiger partial charge in [0.25, 0.3) is 5.91 Å². The Balaban J connectivity index is 1.60. The minimum Gasteiger partial charge on any atom is -0.384 e. The molecule has 2 aliphatic heterocycles. The maximum Gasteiger partial charge on any atom is 0.253 e. The smallest absolute Gasteiger partial charge is 0.253 e. The van der Waals surface area contributed by atoms with Crippen molar-refractivity contribution < 1.29 is 14.3 Å². The van der Waals surface area contributed by atoms with Gasteiger partial charge in [-0.1, -0.05) is 12.1 Å². The van der Waals surface area contributed by atoms with Crippen LogP contribution in [-0.2, 0) is 20.8 Å². The number of ether oxygens (including phenoxy) is 2. The largest absolute Gasteiger partial charge is 0.384 e. The van der Waals surface area contributed by atoms with Crippen molar-refractivity contribution in [3.05, 3.63) is 29.8 Å². The number of amides is 1. The second-order valence-corrected chi connectivity index (χ2v) is 7.42. The molecule has 0 bridgehead atoms. The summed E-state index contributed by atoms with van der Waals surface area (Å²) in [6.45, 7) is 6.91. The highest BCUT2D eigenvalue weighted by Crippen LogP contribution is 2.18. The van der Waals surface area contributed by atoms with Crippen LogP contribution in [0.15, 0.2) is 29.3 Å². The van der Waals surface area contributed by atoms with E-state index in [1.165, 1.54) is 0 Å². The monoisotopic (exact) mass is 388 g/mol. The highest BCUT2D eigenvalue weighted by Gasteiger charge is 2.25. The molecule has 154 valence electrons. The van der Waals surface area contributed by atoms with Crippen LogP contribution in [0.1, 0.15) is 31.7 Å². The maximum atomic E-state index is 12.2. The highest BCUT2D eigenvalue weighted by atomic mass is 16.5. The third kappa shape index (κ3) is 5.69. The Labute approximate surface area is 167 Å². The maximum absolute atomic E-state index is 12.2. The zero-order chi connectivity index (χ0) is 19.8. The van der Waals surface area contributed by atoms with Gasteiger partial charge < -0.3 is 25.0 Å². The van der Waals surface area contributed by atoms with Gasteiger partial charge in [0.15, 0.2) is 5.96 Å². The van der Waals surface area contributed by atoms with Crippen LogP contribution in [0.4, 0.5) is 5.69 Å². The number of methoxy groups -OCH3 is 1. The molecule has 2 saturated heterocycles. The zero-order valence-electron chi connectivity index (χ0n) is 16.9. The Hall–Kier alpha value is -2.12. The molecule has 3 rings (SSSR count). The summed E-state index contributed by atoms with van der Waals surface area (Å²) in [5, 5.41) is 6.35. The summed E-state index contributed by atoms with van der Waals surface area (Å²) >= 11 is 0. The Morgan fingerprint density at radius 1 is 1.39 bits per heavy atom. The third-order valence-corrected chi connectivity index (χ3v) is 5.15. The fourth-order valence-corrected chi connectivity index (χ4v) is 3.74. The molecule has 0 aromatic heterocycles. The van der Waals surface area contributed by atoms with Crippen molar-refractivity contribution >= 4 is 17.6 Å². The molecular weight excluding hydrogens is 356 g/mol. The summed E-state index contributed by atoms with van der Waals surface area (Å²) in [6, 6.07) is 7.87. The van der Waals surface area contributed by atoms with E-state index in [9.17, 15) is 4.79 Å². The molecule has 2 heterocycles. The van der Waals surface area contributed by atoms with E-state index < -0.39 is 0 Å². The predicted octanol–water partition coefficient (Wildman–Crippen LogP) is 2.24. The molecule has 2 aliphatic rings. The Bertz CT molecular complexity index is 673. The van der Waals surface area contributed by atoms with Gasteiger partial charge >= 0.3 is 0 Å². The SMILES string of the molecule is CCNC(=NCc1cccc(NC(=O)C2CCCO2)c1)N1CCC(COC)C1. The lowest BCUT2D eigenvalue weighted by atomic mass is 10.1. The van der Waals surface area contributed by atoms with E-state index in [-0.39, 0.29) is 12.0 Å². The van der Waals surface area contributed by atoms with E-state index in [4.69, 9.17) is 14.5 Å². The number of benzene rings is 1. The van der Waals surface area contributed by atoms with Gasteiger partial charge in [0.2, 0.25) is 0 Å². The standard InChI is InChI=1S/C21H32N4O3/c1-3-22-21(25-10-9-17(14-25)15-27-2)23-13-16-6-4-7-18(12-16)24-20(26)19-8-5-11-28-19/h4,6-7,12,17,19H,3,5,8-11,13-15H2,1-2H3,(H,22,23)(H,24,26). The molecule has 1 aromatic rings.